The van der Waals surface area contributed by atoms with Gasteiger partial charge in [0.2, 0.25) is 0 Å². The average Bonchev–Trinajstić information content (AvgIpc) is 2.71. The molecule has 0 bridgehead atoms. The van der Waals surface area contributed by atoms with E-state index in [1.165, 1.54) is 6.26 Å². The number of hydrogen-bond acceptors (Lipinski definition) is 9. The molecule has 0 amide bonds. The number of rotatable bonds is 25. The predicted octanol–water partition coefficient (Wildman–Crippen LogP) is 0.824. The van der Waals surface area contributed by atoms with E-state index in [0.29, 0.717) is 92.5 Å². The van der Waals surface area contributed by atoms with Gasteiger partial charge in [0.05, 0.1) is 98.8 Å². The molecule has 0 heterocycles. The maximum absolute atomic E-state index is 5.43. The Hall–Kier alpha value is -0.780. The van der Waals surface area contributed by atoms with Crippen LogP contribution < -0.4 is 0 Å². The molecule has 0 atom stereocenters. The van der Waals surface area contributed by atoms with E-state index in [1.54, 1.807) is 0 Å². The summed E-state index contributed by atoms with van der Waals surface area (Å²) in [5.41, 5.74) is 0. The highest BCUT2D eigenvalue weighted by Gasteiger charge is 1.95. The second-order valence-corrected chi connectivity index (χ2v) is 6.13. The second kappa shape index (κ2) is 25.3. The molecule has 0 saturated heterocycles. The highest BCUT2D eigenvalue weighted by atomic mass is 16.6. The molecular formula is C20H41NO8. The lowest BCUT2D eigenvalue weighted by molar-refractivity contribution is -0.0218. The fraction of sp³-hybridized carbons (Fsp3) is 0.900. The van der Waals surface area contributed by atoms with Crippen LogP contribution in [0.2, 0.25) is 0 Å². The summed E-state index contributed by atoms with van der Waals surface area (Å²) >= 11 is 0. The molecule has 0 N–H and O–H groups in total. The zero-order valence-corrected chi connectivity index (χ0v) is 18.3. The fourth-order valence-electron chi connectivity index (χ4n) is 1.86. The molecule has 0 spiro atoms. The molecule has 0 aromatic heterocycles. The largest absolute Gasteiger partial charge is 0.499 e. The molecule has 9 heteroatoms. The molecule has 0 aliphatic heterocycles. The molecule has 174 valence electrons. The van der Waals surface area contributed by atoms with Crippen LogP contribution in [0, 0.1) is 0 Å². The minimum Gasteiger partial charge on any atom is -0.499 e. The van der Waals surface area contributed by atoms with Crippen molar-refractivity contribution in [2.24, 2.45) is 0 Å². The van der Waals surface area contributed by atoms with Gasteiger partial charge in [-0.2, -0.15) is 0 Å². The molecule has 0 aromatic rings. The van der Waals surface area contributed by atoms with Crippen LogP contribution in [0.1, 0.15) is 0 Å². The van der Waals surface area contributed by atoms with E-state index < -0.39 is 0 Å². The number of hydrogen-bond donors (Lipinski definition) is 0. The third-order valence-corrected chi connectivity index (χ3v) is 3.38. The van der Waals surface area contributed by atoms with Crippen LogP contribution in [0.5, 0.6) is 0 Å². The van der Waals surface area contributed by atoms with Crippen molar-refractivity contribution < 1.29 is 37.9 Å². The third-order valence-electron chi connectivity index (χ3n) is 3.38. The predicted molar refractivity (Wildman–Crippen MR) is 110 cm³/mol. The SMILES string of the molecule is C=COCCOCCOCCOCCOCCOCCOCCOCCN(C)C. The van der Waals surface area contributed by atoms with Gasteiger partial charge in [0.15, 0.2) is 0 Å². The maximum atomic E-state index is 5.43. The first-order valence-electron chi connectivity index (χ1n) is 10.2. The summed E-state index contributed by atoms with van der Waals surface area (Å²) in [6.45, 7) is 12.8. The summed E-state index contributed by atoms with van der Waals surface area (Å²) in [6.07, 6.45) is 1.40. The van der Waals surface area contributed by atoms with E-state index in [0.717, 1.165) is 13.2 Å². The highest BCUT2D eigenvalue weighted by molar-refractivity contribution is 4.47. The van der Waals surface area contributed by atoms with Gasteiger partial charge in [-0.1, -0.05) is 6.58 Å². The van der Waals surface area contributed by atoms with Gasteiger partial charge in [0.25, 0.3) is 0 Å². The summed E-state index contributed by atoms with van der Waals surface area (Å²) in [6, 6.07) is 0. The third kappa shape index (κ3) is 27.2. The highest BCUT2D eigenvalue weighted by Crippen LogP contribution is 1.86. The van der Waals surface area contributed by atoms with Crippen molar-refractivity contribution in [3.63, 3.8) is 0 Å². The number of nitrogens with zero attached hydrogens (tertiary/aromatic N) is 1. The Balaban J connectivity index is 2.99. The van der Waals surface area contributed by atoms with E-state index >= 15 is 0 Å². The van der Waals surface area contributed by atoms with Crippen LogP contribution in [0.15, 0.2) is 12.8 Å². The van der Waals surface area contributed by atoms with Crippen LogP contribution >= 0.6 is 0 Å². The van der Waals surface area contributed by atoms with Gasteiger partial charge < -0.3 is 42.8 Å². The zero-order valence-electron chi connectivity index (χ0n) is 18.3. The molecule has 9 nitrogen and oxygen atoms in total. The normalized spacial score (nSPS) is 11.3. The van der Waals surface area contributed by atoms with Crippen LogP contribution in [0.25, 0.3) is 0 Å². The molecular weight excluding hydrogens is 382 g/mol. The van der Waals surface area contributed by atoms with Crippen LogP contribution in [-0.4, -0.2) is 125 Å². The quantitative estimate of drug-likeness (QED) is 0.157. The van der Waals surface area contributed by atoms with Gasteiger partial charge in [0, 0.05) is 6.54 Å². The Morgan fingerprint density at radius 1 is 0.483 bits per heavy atom. The Morgan fingerprint density at radius 2 is 0.759 bits per heavy atom. The fourth-order valence-corrected chi connectivity index (χ4v) is 1.86. The smallest absolute Gasteiger partial charge is 0.111 e. The van der Waals surface area contributed by atoms with Crippen LogP contribution in [0.3, 0.4) is 0 Å². The van der Waals surface area contributed by atoms with Crippen molar-refractivity contribution in [2.75, 3.05) is 120 Å². The lowest BCUT2D eigenvalue weighted by Crippen LogP contribution is -2.19. The van der Waals surface area contributed by atoms with Crippen molar-refractivity contribution in [1.29, 1.82) is 0 Å². The first kappa shape index (κ1) is 28.2. The number of likely N-dealkylation sites (N-methyl/N-ethyl adjacent to an activating group) is 1. The van der Waals surface area contributed by atoms with Crippen LogP contribution in [0.4, 0.5) is 0 Å². The summed E-state index contributed by atoms with van der Waals surface area (Å²) in [5.74, 6) is 0. The van der Waals surface area contributed by atoms with Gasteiger partial charge >= 0.3 is 0 Å². The van der Waals surface area contributed by atoms with Gasteiger partial charge in [-0.05, 0) is 14.1 Å². The molecule has 0 radical (unpaired) electrons. The van der Waals surface area contributed by atoms with E-state index in [2.05, 4.69) is 11.5 Å². The van der Waals surface area contributed by atoms with Crippen molar-refractivity contribution in [3.8, 4) is 0 Å². The first-order valence-corrected chi connectivity index (χ1v) is 10.2. The van der Waals surface area contributed by atoms with E-state index in [1.807, 2.05) is 14.1 Å². The van der Waals surface area contributed by atoms with Crippen molar-refractivity contribution in [3.05, 3.63) is 12.8 Å². The lowest BCUT2D eigenvalue weighted by Gasteiger charge is -2.10. The molecule has 0 aliphatic carbocycles. The monoisotopic (exact) mass is 423 g/mol. The molecule has 29 heavy (non-hydrogen) atoms. The average molecular weight is 424 g/mol. The summed E-state index contributed by atoms with van der Waals surface area (Å²) in [7, 11) is 4.04. The Labute approximate surface area is 176 Å². The zero-order chi connectivity index (χ0) is 21.3. The van der Waals surface area contributed by atoms with Crippen LogP contribution in [-0.2, 0) is 37.9 Å². The lowest BCUT2D eigenvalue weighted by atomic mass is 10.6. The molecule has 0 saturated carbocycles. The van der Waals surface area contributed by atoms with Gasteiger partial charge in [-0.3, -0.25) is 0 Å². The molecule has 0 rings (SSSR count). The van der Waals surface area contributed by atoms with Crippen molar-refractivity contribution >= 4 is 0 Å². The molecule has 0 unspecified atom stereocenters. The maximum Gasteiger partial charge on any atom is 0.111 e. The van der Waals surface area contributed by atoms with E-state index in [9.17, 15) is 0 Å². The molecule has 0 fully saturated rings. The van der Waals surface area contributed by atoms with Gasteiger partial charge in [0.1, 0.15) is 6.61 Å². The topological polar surface area (TPSA) is 77.1 Å². The molecule has 0 aliphatic rings. The van der Waals surface area contributed by atoms with Gasteiger partial charge in [-0.25, -0.2) is 0 Å². The summed E-state index contributed by atoms with van der Waals surface area (Å²) < 4.78 is 42.7. The Bertz CT molecular complexity index is 321. The van der Waals surface area contributed by atoms with E-state index in [4.69, 9.17) is 37.9 Å². The van der Waals surface area contributed by atoms with Crippen molar-refractivity contribution in [2.45, 2.75) is 0 Å². The number of ether oxygens (including phenoxy) is 8. The van der Waals surface area contributed by atoms with Crippen molar-refractivity contribution in [1.82, 2.24) is 4.90 Å². The molecule has 0 aromatic carbocycles. The second-order valence-electron chi connectivity index (χ2n) is 6.13. The first-order chi connectivity index (χ1) is 14.3. The minimum atomic E-state index is 0.512. The Morgan fingerprint density at radius 3 is 1.03 bits per heavy atom. The summed E-state index contributed by atoms with van der Waals surface area (Å²) in [4.78, 5) is 2.08. The van der Waals surface area contributed by atoms with Gasteiger partial charge in [-0.15, -0.1) is 0 Å². The summed E-state index contributed by atoms with van der Waals surface area (Å²) in [5, 5.41) is 0. The minimum absolute atomic E-state index is 0.512. The Kier molecular flexibility index (Phi) is 24.6. The standard InChI is InChI=1S/C20H41NO8/c1-4-22-7-8-24-11-12-26-15-16-28-19-20-29-18-17-27-14-13-25-10-9-23-6-5-21(2)3/h4H,1,5-20H2,2-3H3. The van der Waals surface area contributed by atoms with E-state index in [-0.39, 0.29) is 0 Å².